The number of nitro benzene ring substituents is 1. The van der Waals surface area contributed by atoms with Crippen LogP contribution in [0.4, 0.5) is 5.69 Å². The van der Waals surface area contributed by atoms with Gasteiger partial charge in [0, 0.05) is 25.2 Å². The fraction of sp³-hybridized carbons (Fsp3) is 0.364. The van der Waals surface area contributed by atoms with Gasteiger partial charge in [0.15, 0.2) is 0 Å². The lowest BCUT2D eigenvalue weighted by molar-refractivity contribution is -0.384. The van der Waals surface area contributed by atoms with Gasteiger partial charge in [0.1, 0.15) is 6.61 Å². The predicted octanol–water partition coefficient (Wildman–Crippen LogP) is 0.954. The number of amides is 1. The van der Waals surface area contributed by atoms with Crippen molar-refractivity contribution in [3.63, 3.8) is 0 Å². The van der Waals surface area contributed by atoms with Gasteiger partial charge >= 0.3 is 0 Å². The van der Waals surface area contributed by atoms with Crippen LogP contribution in [-0.2, 0) is 16.1 Å². The number of morpholine rings is 1. The predicted molar refractivity (Wildman–Crippen MR) is 59.3 cm³/mol. The molecule has 6 nitrogen and oxygen atoms in total. The van der Waals surface area contributed by atoms with Crippen LogP contribution in [0.2, 0.25) is 0 Å². The third-order valence-corrected chi connectivity index (χ3v) is 2.60. The number of hydrogen-bond acceptors (Lipinski definition) is 4. The van der Waals surface area contributed by atoms with Gasteiger partial charge in [-0.1, -0.05) is 12.1 Å². The minimum Gasteiger partial charge on any atom is -0.370 e. The van der Waals surface area contributed by atoms with E-state index in [0.717, 1.165) is 5.56 Å². The van der Waals surface area contributed by atoms with Crippen LogP contribution in [0.15, 0.2) is 24.3 Å². The molecule has 1 aromatic carbocycles. The summed E-state index contributed by atoms with van der Waals surface area (Å²) in [5.41, 5.74) is 0.938. The summed E-state index contributed by atoms with van der Waals surface area (Å²) < 4.78 is 5.02. The summed E-state index contributed by atoms with van der Waals surface area (Å²) in [6, 6.07) is 6.22. The largest absolute Gasteiger partial charge is 0.370 e. The molecule has 1 saturated heterocycles. The number of ether oxygens (including phenoxy) is 1. The number of hydrogen-bond donors (Lipinski definition) is 0. The van der Waals surface area contributed by atoms with Crippen LogP contribution in [-0.4, -0.2) is 35.5 Å². The molecule has 2 rings (SSSR count). The first kappa shape index (κ1) is 11.5. The molecule has 1 aliphatic rings. The first-order valence-corrected chi connectivity index (χ1v) is 5.25. The smallest absolute Gasteiger partial charge is 0.269 e. The number of carbonyl (C=O) groups excluding carboxylic acids is 1. The van der Waals surface area contributed by atoms with E-state index in [1.807, 2.05) is 0 Å². The van der Waals surface area contributed by atoms with Gasteiger partial charge in [-0.05, 0) is 5.56 Å². The molecular weight excluding hydrogens is 224 g/mol. The average molecular weight is 236 g/mol. The number of nitro groups is 1. The number of carbonyl (C=O) groups is 1. The molecule has 0 atom stereocenters. The van der Waals surface area contributed by atoms with Crippen LogP contribution in [0.1, 0.15) is 5.56 Å². The van der Waals surface area contributed by atoms with Gasteiger partial charge < -0.3 is 9.64 Å². The number of nitrogens with zero attached hydrogens (tertiary/aromatic N) is 2. The van der Waals surface area contributed by atoms with Gasteiger partial charge in [-0.3, -0.25) is 14.9 Å². The third kappa shape index (κ3) is 2.79. The highest BCUT2D eigenvalue weighted by Crippen LogP contribution is 2.14. The Morgan fingerprint density at radius 1 is 1.35 bits per heavy atom. The van der Waals surface area contributed by atoms with Crippen molar-refractivity contribution in [2.45, 2.75) is 6.54 Å². The van der Waals surface area contributed by atoms with Crippen molar-refractivity contribution >= 4 is 11.6 Å². The fourth-order valence-corrected chi connectivity index (χ4v) is 1.66. The normalized spacial score (nSPS) is 16.0. The molecule has 90 valence electrons. The maximum atomic E-state index is 11.5. The molecule has 0 aliphatic carbocycles. The van der Waals surface area contributed by atoms with Crippen molar-refractivity contribution in [3.8, 4) is 0 Å². The van der Waals surface area contributed by atoms with Gasteiger partial charge in [0.2, 0.25) is 5.91 Å². The maximum Gasteiger partial charge on any atom is 0.269 e. The van der Waals surface area contributed by atoms with Gasteiger partial charge in [0.25, 0.3) is 5.69 Å². The highest BCUT2D eigenvalue weighted by molar-refractivity contribution is 5.78. The van der Waals surface area contributed by atoms with E-state index < -0.39 is 4.92 Å². The minimum atomic E-state index is -0.441. The first-order valence-electron chi connectivity index (χ1n) is 5.25. The van der Waals surface area contributed by atoms with Crippen molar-refractivity contribution in [2.75, 3.05) is 19.8 Å². The van der Waals surface area contributed by atoms with Crippen LogP contribution in [0.25, 0.3) is 0 Å². The Balaban J connectivity index is 2.03. The first-order chi connectivity index (χ1) is 8.16. The van der Waals surface area contributed by atoms with E-state index >= 15 is 0 Å². The summed E-state index contributed by atoms with van der Waals surface area (Å²) in [5.74, 6) is -0.0467. The zero-order valence-corrected chi connectivity index (χ0v) is 9.17. The van der Waals surface area contributed by atoms with Crippen molar-refractivity contribution < 1.29 is 14.5 Å². The lowest BCUT2D eigenvalue weighted by atomic mass is 10.2. The van der Waals surface area contributed by atoms with Gasteiger partial charge in [-0.25, -0.2) is 0 Å². The molecule has 1 aromatic rings. The Morgan fingerprint density at radius 3 is 2.65 bits per heavy atom. The zero-order chi connectivity index (χ0) is 12.3. The highest BCUT2D eigenvalue weighted by Gasteiger charge is 2.18. The lowest BCUT2D eigenvalue weighted by Gasteiger charge is -2.26. The monoisotopic (exact) mass is 236 g/mol. The minimum absolute atomic E-state index is 0.0467. The van der Waals surface area contributed by atoms with E-state index in [2.05, 4.69) is 0 Å². The Hall–Kier alpha value is -1.95. The molecule has 6 heteroatoms. The summed E-state index contributed by atoms with van der Waals surface area (Å²) in [6.07, 6.45) is 0. The molecule has 0 saturated carbocycles. The maximum absolute atomic E-state index is 11.5. The van der Waals surface area contributed by atoms with Crippen LogP contribution in [0, 0.1) is 10.1 Å². The van der Waals surface area contributed by atoms with Crippen molar-refractivity contribution in [3.05, 3.63) is 39.9 Å². The second-order valence-electron chi connectivity index (χ2n) is 3.79. The van der Waals surface area contributed by atoms with Crippen molar-refractivity contribution in [1.82, 2.24) is 4.90 Å². The summed E-state index contributed by atoms with van der Waals surface area (Å²) in [5, 5.41) is 10.5. The molecule has 0 N–H and O–H groups in total. The fourth-order valence-electron chi connectivity index (χ4n) is 1.66. The molecule has 0 bridgehead atoms. The summed E-state index contributed by atoms with van der Waals surface area (Å²) in [7, 11) is 0. The van der Waals surface area contributed by atoms with Gasteiger partial charge in [-0.15, -0.1) is 0 Å². The molecule has 1 amide bonds. The number of rotatable bonds is 3. The second kappa shape index (κ2) is 4.92. The molecule has 0 radical (unpaired) electrons. The Labute approximate surface area is 97.9 Å². The summed E-state index contributed by atoms with van der Waals surface area (Å²) in [6.45, 7) is 1.70. The van der Waals surface area contributed by atoms with Crippen LogP contribution in [0.5, 0.6) is 0 Å². The van der Waals surface area contributed by atoms with E-state index in [-0.39, 0.29) is 18.2 Å². The van der Waals surface area contributed by atoms with Crippen LogP contribution >= 0.6 is 0 Å². The third-order valence-electron chi connectivity index (χ3n) is 2.60. The van der Waals surface area contributed by atoms with Gasteiger partial charge in [-0.2, -0.15) is 0 Å². The standard InChI is InChI=1S/C11H12N2O4/c14-11-8-17-6-5-12(11)7-9-1-3-10(4-2-9)13(15)16/h1-4H,5-8H2. The zero-order valence-electron chi connectivity index (χ0n) is 9.17. The summed E-state index contributed by atoms with van der Waals surface area (Å²) >= 11 is 0. The average Bonchev–Trinajstić information content (AvgIpc) is 2.33. The molecule has 0 aromatic heterocycles. The van der Waals surface area contributed by atoms with Crippen LogP contribution in [0.3, 0.4) is 0 Å². The van der Waals surface area contributed by atoms with E-state index in [1.54, 1.807) is 17.0 Å². The lowest BCUT2D eigenvalue weighted by Crippen LogP contribution is -2.40. The molecule has 1 fully saturated rings. The van der Waals surface area contributed by atoms with E-state index in [9.17, 15) is 14.9 Å². The summed E-state index contributed by atoms with van der Waals surface area (Å²) in [4.78, 5) is 23.2. The van der Waals surface area contributed by atoms with E-state index in [0.29, 0.717) is 19.7 Å². The molecule has 1 aliphatic heterocycles. The van der Waals surface area contributed by atoms with Gasteiger partial charge in [0.05, 0.1) is 11.5 Å². The Morgan fingerprint density at radius 2 is 2.06 bits per heavy atom. The van der Waals surface area contributed by atoms with E-state index in [1.165, 1.54) is 12.1 Å². The van der Waals surface area contributed by atoms with E-state index in [4.69, 9.17) is 4.74 Å². The van der Waals surface area contributed by atoms with Crippen molar-refractivity contribution in [1.29, 1.82) is 0 Å². The second-order valence-corrected chi connectivity index (χ2v) is 3.79. The molecule has 0 unspecified atom stereocenters. The highest BCUT2D eigenvalue weighted by atomic mass is 16.6. The van der Waals surface area contributed by atoms with Crippen molar-refractivity contribution in [2.24, 2.45) is 0 Å². The topological polar surface area (TPSA) is 72.7 Å². The van der Waals surface area contributed by atoms with Crippen LogP contribution < -0.4 is 0 Å². The quantitative estimate of drug-likeness (QED) is 0.578. The number of benzene rings is 1. The molecule has 0 spiro atoms. The molecular formula is C11H12N2O4. The number of non-ortho nitro benzene ring substituents is 1. The Kier molecular flexibility index (Phi) is 3.34. The Bertz CT molecular complexity index is 430. The molecule has 17 heavy (non-hydrogen) atoms. The molecule has 1 heterocycles. The SMILES string of the molecule is O=C1COCCN1Cc1ccc([N+](=O)[O-])cc1.